The fourth-order valence-electron chi connectivity index (χ4n) is 2.51. The number of rotatable bonds is 3. The Balaban J connectivity index is 1.38. The molecule has 2 amide bonds. The minimum absolute atomic E-state index is 0.0602. The summed E-state index contributed by atoms with van der Waals surface area (Å²) in [7, 11) is 0. The average Bonchev–Trinajstić information content (AvgIpc) is 3.17. The van der Waals surface area contributed by atoms with Gasteiger partial charge in [-0.2, -0.15) is 16.3 Å². The lowest BCUT2D eigenvalue weighted by Crippen LogP contribution is -2.51. The summed E-state index contributed by atoms with van der Waals surface area (Å²) in [6.45, 7) is 1.08. The van der Waals surface area contributed by atoms with E-state index in [1.807, 2.05) is 16.8 Å². The van der Waals surface area contributed by atoms with Crippen LogP contribution in [-0.2, 0) is 9.59 Å². The van der Waals surface area contributed by atoms with Crippen LogP contribution in [0, 0.1) is 5.92 Å². The highest BCUT2D eigenvalue weighted by atomic mass is 32.1. The lowest BCUT2D eigenvalue weighted by atomic mass is 9.96. The van der Waals surface area contributed by atoms with Crippen molar-refractivity contribution >= 4 is 29.4 Å². The minimum Gasteiger partial charge on any atom is -0.340 e. The van der Waals surface area contributed by atoms with Gasteiger partial charge >= 0.3 is 0 Å². The first kappa shape index (κ1) is 14.0. The number of nitrogens with zero attached hydrogens (tertiary/aromatic N) is 4. The number of dihydropyridines is 1. The highest BCUT2D eigenvalue weighted by Crippen LogP contribution is 2.29. The fourth-order valence-corrected chi connectivity index (χ4v) is 3.15. The fraction of sp³-hybridized carbons (Fsp3) is 0.267. The largest absolute Gasteiger partial charge is 0.340 e. The van der Waals surface area contributed by atoms with E-state index in [2.05, 4.69) is 15.1 Å². The van der Waals surface area contributed by atoms with Gasteiger partial charge < -0.3 is 9.42 Å². The number of hydrogen-bond acceptors (Lipinski definition) is 6. The van der Waals surface area contributed by atoms with Crippen LogP contribution in [0.25, 0.3) is 11.4 Å². The van der Waals surface area contributed by atoms with Gasteiger partial charge in [0.15, 0.2) is 0 Å². The van der Waals surface area contributed by atoms with Crippen molar-refractivity contribution in [1.29, 1.82) is 0 Å². The predicted octanol–water partition coefficient (Wildman–Crippen LogP) is 1.51. The Bertz CT molecular complexity index is 787. The van der Waals surface area contributed by atoms with E-state index in [-0.39, 0.29) is 17.7 Å². The van der Waals surface area contributed by atoms with Crippen LogP contribution >= 0.6 is 11.3 Å². The second-order valence-electron chi connectivity index (χ2n) is 5.41. The molecule has 2 aliphatic heterocycles. The molecule has 23 heavy (non-hydrogen) atoms. The third-order valence-electron chi connectivity index (χ3n) is 3.86. The van der Waals surface area contributed by atoms with Gasteiger partial charge in [0.1, 0.15) is 0 Å². The Labute approximate surface area is 135 Å². The minimum atomic E-state index is -0.460. The monoisotopic (exact) mass is 328 g/mol. The van der Waals surface area contributed by atoms with E-state index in [9.17, 15) is 9.59 Å². The van der Waals surface area contributed by atoms with E-state index < -0.39 is 5.92 Å². The first-order chi connectivity index (χ1) is 11.2. The van der Waals surface area contributed by atoms with Gasteiger partial charge in [-0.15, -0.1) is 0 Å². The number of likely N-dealkylation sites (tertiary alicyclic amines) is 1. The maximum absolute atomic E-state index is 12.3. The van der Waals surface area contributed by atoms with E-state index in [0.717, 1.165) is 5.56 Å². The normalized spacial score (nSPS) is 20.8. The van der Waals surface area contributed by atoms with Crippen LogP contribution in [0.1, 0.15) is 11.8 Å². The van der Waals surface area contributed by atoms with Gasteiger partial charge in [-0.3, -0.25) is 9.59 Å². The molecule has 0 radical (unpaired) electrons. The molecule has 2 aromatic rings. The maximum atomic E-state index is 12.3. The third kappa shape index (κ3) is 2.61. The molecule has 0 aromatic carbocycles. The van der Waals surface area contributed by atoms with Gasteiger partial charge in [0, 0.05) is 36.3 Å². The van der Waals surface area contributed by atoms with Crippen molar-refractivity contribution in [1.82, 2.24) is 15.0 Å². The van der Waals surface area contributed by atoms with Crippen LogP contribution in [0.4, 0.5) is 0 Å². The smallest absolute Gasteiger partial charge is 0.269 e. The number of carbonyl (C=O) groups is 2. The van der Waals surface area contributed by atoms with Crippen molar-refractivity contribution in [3.63, 3.8) is 0 Å². The Morgan fingerprint density at radius 2 is 2.26 bits per heavy atom. The molecule has 1 saturated heterocycles. The average molecular weight is 328 g/mol. The predicted molar refractivity (Wildman–Crippen MR) is 83.1 cm³/mol. The first-order valence-electron chi connectivity index (χ1n) is 7.12. The molecule has 1 unspecified atom stereocenters. The molecule has 1 atom stereocenters. The topological polar surface area (TPSA) is 88.7 Å². The van der Waals surface area contributed by atoms with E-state index in [0.29, 0.717) is 24.8 Å². The van der Waals surface area contributed by atoms with Crippen LogP contribution in [-0.4, -0.2) is 46.2 Å². The molecule has 116 valence electrons. The summed E-state index contributed by atoms with van der Waals surface area (Å²) in [6, 6.07) is 1.94. The van der Waals surface area contributed by atoms with Gasteiger partial charge in [0.2, 0.25) is 17.6 Å². The van der Waals surface area contributed by atoms with Crippen molar-refractivity contribution in [3.8, 4) is 11.4 Å². The SMILES string of the molecule is O=C1C=CC(C(=O)N2CC(c3nc(-c4ccsc4)no3)C2)C=N1. The molecule has 0 aliphatic carbocycles. The van der Waals surface area contributed by atoms with Crippen molar-refractivity contribution in [2.24, 2.45) is 10.9 Å². The zero-order valence-electron chi connectivity index (χ0n) is 12.0. The van der Waals surface area contributed by atoms with Crippen LogP contribution in [0.3, 0.4) is 0 Å². The van der Waals surface area contributed by atoms with Crippen LogP contribution in [0.15, 0.2) is 38.5 Å². The summed E-state index contributed by atoms with van der Waals surface area (Å²) in [5.74, 6) is 0.335. The molecule has 7 nitrogen and oxygen atoms in total. The number of thiophene rings is 1. The summed E-state index contributed by atoms with van der Waals surface area (Å²) in [4.78, 5) is 33.0. The van der Waals surface area contributed by atoms with Crippen molar-refractivity contribution in [2.45, 2.75) is 5.92 Å². The standard InChI is InChI=1S/C15H12N4O3S/c20-12-2-1-9(5-16-12)15(21)19-6-11(7-19)14-17-13(18-22-14)10-3-4-23-8-10/h1-5,8-9,11H,6-7H2. The number of hydrogen-bond donors (Lipinski definition) is 0. The van der Waals surface area contributed by atoms with Gasteiger partial charge in [0.25, 0.3) is 5.91 Å². The van der Waals surface area contributed by atoms with Gasteiger partial charge in [0.05, 0.1) is 11.8 Å². The summed E-state index contributed by atoms with van der Waals surface area (Å²) >= 11 is 1.57. The second-order valence-corrected chi connectivity index (χ2v) is 6.19. The second kappa shape index (κ2) is 5.54. The van der Waals surface area contributed by atoms with E-state index in [4.69, 9.17) is 4.52 Å². The molecule has 2 aromatic heterocycles. The summed E-state index contributed by atoms with van der Waals surface area (Å²) in [5, 5.41) is 7.89. The van der Waals surface area contributed by atoms with Crippen molar-refractivity contribution in [2.75, 3.05) is 13.1 Å². The van der Waals surface area contributed by atoms with Crippen LogP contribution in [0.5, 0.6) is 0 Å². The van der Waals surface area contributed by atoms with Crippen LogP contribution in [0.2, 0.25) is 0 Å². The van der Waals surface area contributed by atoms with Gasteiger partial charge in [-0.1, -0.05) is 11.2 Å². The summed E-state index contributed by atoms with van der Waals surface area (Å²) in [6.07, 6.45) is 4.29. The number of aliphatic imine (C=N–C) groups is 1. The van der Waals surface area contributed by atoms with Gasteiger partial charge in [-0.05, 0) is 11.4 Å². The Hall–Kier alpha value is -2.61. The molecular formula is C15H12N4O3S. The summed E-state index contributed by atoms with van der Waals surface area (Å²) in [5.41, 5.74) is 0.936. The number of carbonyl (C=O) groups excluding carboxylic acids is 2. The van der Waals surface area contributed by atoms with Crippen molar-refractivity contribution in [3.05, 3.63) is 34.9 Å². The number of amides is 2. The number of aromatic nitrogens is 2. The van der Waals surface area contributed by atoms with Gasteiger partial charge in [-0.25, -0.2) is 4.99 Å². The zero-order valence-corrected chi connectivity index (χ0v) is 12.8. The molecule has 1 fully saturated rings. The molecule has 0 bridgehead atoms. The third-order valence-corrected chi connectivity index (χ3v) is 4.54. The Morgan fingerprint density at radius 3 is 2.96 bits per heavy atom. The molecule has 8 heteroatoms. The highest BCUT2D eigenvalue weighted by molar-refractivity contribution is 7.08. The molecule has 4 rings (SSSR count). The zero-order chi connectivity index (χ0) is 15.8. The van der Waals surface area contributed by atoms with E-state index >= 15 is 0 Å². The molecule has 4 heterocycles. The van der Waals surface area contributed by atoms with E-state index in [1.54, 1.807) is 22.3 Å². The Morgan fingerprint density at radius 1 is 1.39 bits per heavy atom. The highest BCUT2D eigenvalue weighted by Gasteiger charge is 2.37. The first-order valence-corrected chi connectivity index (χ1v) is 8.06. The quantitative estimate of drug-likeness (QED) is 0.852. The molecule has 0 N–H and O–H groups in total. The lowest BCUT2D eigenvalue weighted by molar-refractivity contribution is -0.136. The molecule has 0 spiro atoms. The Kier molecular flexibility index (Phi) is 3.38. The summed E-state index contributed by atoms with van der Waals surface area (Å²) < 4.78 is 5.30. The molecular weight excluding hydrogens is 316 g/mol. The maximum Gasteiger partial charge on any atom is 0.269 e. The van der Waals surface area contributed by atoms with E-state index in [1.165, 1.54) is 12.3 Å². The molecule has 0 saturated carbocycles. The van der Waals surface area contributed by atoms with Crippen LogP contribution < -0.4 is 0 Å². The lowest BCUT2D eigenvalue weighted by Gasteiger charge is -2.38. The molecule has 2 aliphatic rings. The van der Waals surface area contributed by atoms with Crippen molar-refractivity contribution < 1.29 is 14.1 Å².